The zero-order valence-corrected chi connectivity index (χ0v) is 7.75. The molecule has 0 radical (unpaired) electrons. The summed E-state index contributed by atoms with van der Waals surface area (Å²) in [6, 6.07) is 5.90. The standard InChI is InChI=1S/C10H8N2O3/c11-7-9-4-8(2-1-3-13)5-10(6-9)12(14)15/h1-2,4-6,13H,3H2. The molecule has 76 valence electrons. The van der Waals surface area contributed by atoms with Gasteiger partial charge in [-0.1, -0.05) is 12.2 Å². The summed E-state index contributed by atoms with van der Waals surface area (Å²) in [4.78, 5) is 9.96. The highest BCUT2D eigenvalue weighted by Crippen LogP contribution is 2.17. The minimum atomic E-state index is -0.558. The Hall–Kier alpha value is -2.19. The van der Waals surface area contributed by atoms with Crippen LogP contribution in [0.4, 0.5) is 5.69 Å². The zero-order chi connectivity index (χ0) is 11.3. The van der Waals surface area contributed by atoms with Crippen molar-refractivity contribution in [2.75, 3.05) is 6.61 Å². The minimum Gasteiger partial charge on any atom is -0.392 e. The van der Waals surface area contributed by atoms with E-state index in [2.05, 4.69) is 0 Å². The molecule has 0 aromatic heterocycles. The van der Waals surface area contributed by atoms with Gasteiger partial charge in [0.15, 0.2) is 0 Å². The highest BCUT2D eigenvalue weighted by Gasteiger charge is 2.07. The molecule has 0 atom stereocenters. The smallest absolute Gasteiger partial charge is 0.271 e. The van der Waals surface area contributed by atoms with Crippen molar-refractivity contribution in [2.24, 2.45) is 0 Å². The summed E-state index contributed by atoms with van der Waals surface area (Å²) in [5, 5.41) is 27.7. The first kappa shape index (κ1) is 10.9. The van der Waals surface area contributed by atoms with Gasteiger partial charge in [-0.15, -0.1) is 0 Å². The van der Waals surface area contributed by atoms with E-state index < -0.39 is 4.92 Å². The Bertz CT molecular complexity index is 446. The second kappa shape index (κ2) is 4.88. The van der Waals surface area contributed by atoms with Crippen molar-refractivity contribution in [3.63, 3.8) is 0 Å². The number of nitro groups is 1. The zero-order valence-electron chi connectivity index (χ0n) is 7.75. The van der Waals surface area contributed by atoms with Crippen LogP contribution in [0.3, 0.4) is 0 Å². The van der Waals surface area contributed by atoms with Crippen LogP contribution >= 0.6 is 0 Å². The molecule has 15 heavy (non-hydrogen) atoms. The van der Waals surface area contributed by atoms with E-state index in [1.54, 1.807) is 0 Å². The van der Waals surface area contributed by atoms with Crippen molar-refractivity contribution in [3.8, 4) is 6.07 Å². The second-order valence-corrected chi connectivity index (χ2v) is 2.77. The Balaban J connectivity index is 3.18. The van der Waals surface area contributed by atoms with Crippen molar-refractivity contribution >= 4 is 11.8 Å². The quantitative estimate of drug-likeness (QED) is 0.596. The first-order chi connectivity index (χ1) is 7.17. The Labute approximate surface area is 86.0 Å². The molecule has 0 bridgehead atoms. The van der Waals surface area contributed by atoms with Gasteiger partial charge in [0.05, 0.1) is 23.2 Å². The molecule has 0 aliphatic rings. The van der Waals surface area contributed by atoms with E-state index in [4.69, 9.17) is 10.4 Å². The third-order valence-electron chi connectivity index (χ3n) is 1.70. The fourth-order valence-corrected chi connectivity index (χ4v) is 1.09. The molecule has 0 amide bonds. The topological polar surface area (TPSA) is 87.2 Å². The number of hydrogen-bond acceptors (Lipinski definition) is 4. The van der Waals surface area contributed by atoms with Gasteiger partial charge in [-0.3, -0.25) is 10.1 Å². The molecule has 0 spiro atoms. The Morgan fingerprint density at radius 3 is 2.80 bits per heavy atom. The van der Waals surface area contributed by atoms with Gasteiger partial charge in [0.25, 0.3) is 5.69 Å². The normalized spacial score (nSPS) is 10.1. The number of nitriles is 1. The van der Waals surface area contributed by atoms with Crippen LogP contribution in [0.15, 0.2) is 24.3 Å². The van der Waals surface area contributed by atoms with Crippen LogP contribution in [-0.2, 0) is 0 Å². The van der Waals surface area contributed by atoms with Crippen LogP contribution in [0.1, 0.15) is 11.1 Å². The molecule has 5 nitrogen and oxygen atoms in total. The fourth-order valence-electron chi connectivity index (χ4n) is 1.09. The fraction of sp³-hybridized carbons (Fsp3) is 0.100. The van der Waals surface area contributed by atoms with Gasteiger partial charge >= 0.3 is 0 Å². The molecule has 1 rings (SSSR count). The van der Waals surface area contributed by atoms with Crippen LogP contribution < -0.4 is 0 Å². The lowest BCUT2D eigenvalue weighted by atomic mass is 10.1. The van der Waals surface area contributed by atoms with Gasteiger partial charge in [-0.05, 0) is 11.6 Å². The number of nitro benzene ring substituents is 1. The molecular weight excluding hydrogens is 196 g/mol. The van der Waals surface area contributed by atoms with Gasteiger partial charge in [0, 0.05) is 12.1 Å². The molecule has 0 saturated heterocycles. The number of non-ortho nitro benzene ring substituents is 1. The van der Waals surface area contributed by atoms with Crippen LogP contribution in [0.5, 0.6) is 0 Å². The van der Waals surface area contributed by atoms with Gasteiger partial charge in [-0.25, -0.2) is 0 Å². The van der Waals surface area contributed by atoms with Crippen LogP contribution in [0, 0.1) is 21.4 Å². The number of aliphatic hydroxyl groups excluding tert-OH is 1. The minimum absolute atomic E-state index is 0.133. The molecule has 0 aliphatic carbocycles. The maximum absolute atomic E-state index is 10.5. The molecule has 0 unspecified atom stereocenters. The van der Waals surface area contributed by atoms with Crippen molar-refractivity contribution in [2.45, 2.75) is 0 Å². The van der Waals surface area contributed by atoms with Gasteiger partial charge in [-0.2, -0.15) is 5.26 Å². The van der Waals surface area contributed by atoms with Crippen LogP contribution in [0.2, 0.25) is 0 Å². The summed E-state index contributed by atoms with van der Waals surface area (Å²) >= 11 is 0. The lowest BCUT2D eigenvalue weighted by molar-refractivity contribution is -0.384. The summed E-state index contributed by atoms with van der Waals surface area (Å²) in [6.07, 6.45) is 2.97. The summed E-state index contributed by atoms with van der Waals surface area (Å²) in [6.45, 7) is -0.148. The predicted octanol–water partition coefficient (Wildman–Crippen LogP) is 1.47. The summed E-state index contributed by atoms with van der Waals surface area (Å²) < 4.78 is 0. The Morgan fingerprint density at radius 1 is 1.53 bits per heavy atom. The molecule has 1 aromatic rings. The number of hydrogen-bond donors (Lipinski definition) is 1. The van der Waals surface area contributed by atoms with Gasteiger partial charge < -0.3 is 5.11 Å². The van der Waals surface area contributed by atoms with Crippen molar-refractivity contribution in [1.29, 1.82) is 5.26 Å². The van der Waals surface area contributed by atoms with E-state index in [0.717, 1.165) is 0 Å². The van der Waals surface area contributed by atoms with E-state index >= 15 is 0 Å². The number of aliphatic hydroxyl groups is 1. The number of benzene rings is 1. The Morgan fingerprint density at radius 2 is 2.27 bits per heavy atom. The van der Waals surface area contributed by atoms with Crippen molar-refractivity contribution in [1.82, 2.24) is 0 Å². The number of nitrogens with zero attached hydrogens (tertiary/aromatic N) is 2. The average molecular weight is 204 g/mol. The SMILES string of the molecule is N#Cc1cc(C=CCO)cc([N+](=O)[O-])c1. The predicted molar refractivity (Wildman–Crippen MR) is 53.9 cm³/mol. The third-order valence-corrected chi connectivity index (χ3v) is 1.70. The highest BCUT2D eigenvalue weighted by molar-refractivity contribution is 5.57. The lowest BCUT2D eigenvalue weighted by Crippen LogP contribution is -1.90. The third kappa shape index (κ3) is 2.90. The molecule has 1 aromatic carbocycles. The molecule has 0 aliphatic heterocycles. The first-order valence-electron chi connectivity index (χ1n) is 4.14. The van der Waals surface area contributed by atoms with Crippen molar-refractivity contribution < 1.29 is 10.0 Å². The van der Waals surface area contributed by atoms with E-state index in [-0.39, 0.29) is 17.9 Å². The Kier molecular flexibility index (Phi) is 3.55. The highest BCUT2D eigenvalue weighted by atomic mass is 16.6. The number of rotatable bonds is 3. The molecule has 5 heteroatoms. The lowest BCUT2D eigenvalue weighted by Gasteiger charge is -1.96. The van der Waals surface area contributed by atoms with E-state index in [1.165, 1.54) is 30.4 Å². The van der Waals surface area contributed by atoms with Crippen LogP contribution in [0.25, 0.3) is 6.08 Å². The monoisotopic (exact) mass is 204 g/mol. The average Bonchev–Trinajstić information content (AvgIpc) is 2.25. The van der Waals surface area contributed by atoms with Gasteiger partial charge in [0.2, 0.25) is 0 Å². The first-order valence-corrected chi connectivity index (χ1v) is 4.14. The molecule has 0 fully saturated rings. The molecule has 0 heterocycles. The van der Waals surface area contributed by atoms with E-state index in [1.807, 2.05) is 6.07 Å². The van der Waals surface area contributed by atoms with E-state index in [0.29, 0.717) is 5.56 Å². The summed E-state index contributed by atoms with van der Waals surface area (Å²) in [5.74, 6) is 0. The second-order valence-electron chi connectivity index (χ2n) is 2.77. The molecule has 1 N–H and O–H groups in total. The molecular formula is C10H8N2O3. The van der Waals surface area contributed by atoms with Gasteiger partial charge in [0.1, 0.15) is 0 Å². The maximum Gasteiger partial charge on any atom is 0.271 e. The summed E-state index contributed by atoms with van der Waals surface area (Å²) in [5.41, 5.74) is 0.614. The summed E-state index contributed by atoms with van der Waals surface area (Å²) in [7, 11) is 0. The maximum atomic E-state index is 10.5. The van der Waals surface area contributed by atoms with E-state index in [9.17, 15) is 10.1 Å². The van der Waals surface area contributed by atoms with Crippen LogP contribution in [-0.4, -0.2) is 16.6 Å². The van der Waals surface area contributed by atoms with Crippen molar-refractivity contribution in [3.05, 3.63) is 45.5 Å². The molecule has 0 saturated carbocycles. The largest absolute Gasteiger partial charge is 0.392 e.